The Morgan fingerprint density at radius 2 is 2.18 bits per heavy atom. The molecule has 3 aromatic rings. The first-order valence-electron chi connectivity index (χ1n) is 5.15. The van der Waals surface area contributed by atoms with Gasteiger partial charge in [-0.3, -0.25) is 4.40 Å². The van der Waals surface area contributed by atoms with Gasteiger partial charge < -0.3 is 10.5 Å². The molecule has 0 amide bonds. The van der Waals surface area contributed by atoms with Gasteiger partial charge in [0.25, 0.3) is 0 Å². The van der Waals surface area contributed by atoms with Crippen molar-refractivity contribution < 1.29 is 4.74 Å². The van der Waals surface area contributed by atoms with E-state index < -0.39 is 0 Å². The summed E-state index contributed by atoms with van der Waals surface area (Å²) in [6.45, 7) is 0. The summed E-state index contributed by atoms with van der Waals surface area (Å²) in [4.78, 5) is 5.14. The van der Waals surface area contributed by atoms with Crippen LogP contribution in [0.2, 0.25) is 0 Å². The molecule has 0 fully saturated rings. The van der Waals surface area contributed by atoms with Gasteiger partial charge in [0.1, 0.15) is 10.6 Å². The number of anilines is 1. The lowest BCUT2D eigenvalue weighted by Gasteiger charge is -2.07. The maximum atomic E-state index is 5.87. The highest BCUT2D eigenvalue weighted by Gasteiger charge is 2.12. The van der Waals surface area contributed by atoms with Crippen LogP contribution in [0.3, 0.4) is 0 Å². The first kappa shape index (κ1) is 10.2. The van der Waals surface area contributed by atoms with E-state index in [0.717, 1.165) is 21.8 Å². The fourth-order valence-corrected chi connectivity index (χ4v) is 2.76. The van der Waals surface area contributed by atoms with Crippen LogP contribution in [0, 0.1) is 0 Å². The number of thiazole rings is 1. The monoisotopic (exact) mass is 245 g/mol. The third kappa shape index (κ3) is 1.47. The van der Waals surface area contributed by atoms with Crippen LogP contribution in [0.1, 0.15) is 0 Å². The summed E-state index contributed by atoms with van der Waals surface area (Å²) in [5, 5.41) is 2.06. The normalized spacial score (nSPS) is 10.9. The molecule has 2 aromatic heterocycles. The van der Waals surface area contributed by atoms with Crippen molar-refractivity contribution >= 4 is 22.1 Å². The van der Waals surface area contributed by atoms with E-state index >= 15 is 0 Å². The molecule has 1 aromatic carbocycles. The minimum atomic E-state index is 0.502. The van der Waals surface area contributed by atoms with E-state index in [2.05, 4.69) is 10.4 Å². The van der Waals surface area contributed by atoms with Gasteiger partial charge in [0.15, 0.2) is 0 Å². The predicted molar refractivity (Wildman–Crippen MR) is 69.5 cm³/mol. The number of benzene rings is 1. The fourth-order valence-electron chi connectivity index (χ4n) is 1.88. The Kier molecular flexibility index (Phi) is 2.26. The second-order valence-electron chi connectivity index (χ2n) is 3.61. The van der Waals surface area contributed by atoms with E-state index in [1.807, 2.05) is 28.7 Å². The highest BCUT2D eigenvalue weighted by molar-refractivity contribution is 7.16. The number of fused-ring (bicyclic) bond motifs is 1. The van der Waals surface area contributed by atoms with Gasteiger partial charge in [-0.2, -0.15) is 0 Å². The van der Waals surface area contributed by atoms with Gasteiger partial charge in [-0.15, -0.1) is 11.3 Å². The Hall–Kier alpha value is -2.01. The maximum absolute atomic E-state index is 5.87. The van der Waals surface area contributed by atoms with Gasteiger partial charge >= 0.3 is 0 Å². The Balaban J connectivity index is 2.30. The van der Waals surface area contributed by atoms with Crippen LogP contribution in [0.25, 0.3) is 16.1 Å². The van der Waals surface area contributed by atoms with Crippen molar-refractivity contribution in [3.8, 4) is 17.0 Å². The first-order chi connectivity index (χ1) is 8.31. The van der Waals surface area contributed by atoms with E-state index in [4.69, 9.17) is 10.5 Å². The maximum Gasteiger partial charge on any atom is 0.206 e. The lowest BCUT2D eigenvalue weighted by Crippen LogP contribution is -1.96. The minimum Gasteiger partial charge on any atom is -0.496 e. The van der Waals surface area contributed by atoms with Crippen molar-refractivity contribution in [2.24, 2.45) is 0 Å². The quantitative estimate of drug-likeness (QED) is 0.755. The zero-order valence-corrected chi connectivity index (χ0v) is 10.1. The fraction of sp³-hybridized carbons (Fsp3) is 0.0833. The zero-order chi connectivity index (χ0) is 11.8. The summed E-state index contributed by atoms with van der Waals surface area (Å²) in [5.41, 5.74) is 7.90. The number of hydrogen-bond donors (Lipinski definition) is 1. The molecule has 0 saturated heterocycles. The van der Waals surface area contributed by atoms with Crippen LogP contribution in [0.5, 0.6) is 5.75 Å². The molecule has 5 heteroatoms. The van der Waals surface area contributed by atoms with Crippen LogP contribution >= 0.6 is 11.3 Å². The molecule has 2 heterocycles. The van der Waals surface area contributed by atoms with Gasteiger partial charge in [-0.25, -0.2) is 4.98 Å². The molecule has 17 heavy (non-hydrogen) atoms. The van der Waals surface area contributed by atoms with Crippen LogP contribution < -0.4 is 10.5 Å². The van der Waals surface area contributed by atoms with E-state index in [1.165, 1.54) is 0 Å². The number of nitrogen functional groups attached to an aromatic ring is 1. The standard InChI is InChI=1S/C12H11N3OS/c1-16-10-5-3-2-4-8(10)9-7-17-11-6-14-12(13)15(9)11/h2-7H,1H3,(H2,13,14). The minimum absolute atomic E-state index is 0.502. The number of rotatable bonds is 2. The summed E-state index contributed by atoms with van der Waals surface area (Å²) in [6.07, 6.45) is 1.78. The number of hydrogen-bond acceptors (Lipinski definition) is 4. The van der Waals surface area contributed by atoms with Crippen molar-refractivity contribution in [2.75, 3.05) is 12.8 Å². The topological polar surface area (TPSA) is 52.5 Å². The summed E-state index contributed by atoms with van der Waals surface area (Å²) in [7, 11) is 1.67. The Morgan fingerprint density at radius 1 is 1.35 bits per heavy atom. The van der Waals surface area contributed by atoms with Gasteiger partial charge in [0.05, 0.1) is 19.0 Å². The molecule has 0 atom stereocenters. The molecule has 0 saturated carbocycles. The molecular weight excluding hydrogens is 234 g/mol. The second kappa shape index (κ2) is 3.78. The molecule has 2 N–H and O–H groups in total. The zero-order valence-electron chi connectivity index (χ0n) is 9.25. The number of nitrogens with zero attached hydrogens (tertiary/aromatic N) is 2. The molecule has 4 nitrogen and oxygen atoms in total. The highest BCUT2D eigenvalue weighted by Crippen LogP contribution is 2.34. The molecule has 3 rings (SSSR count). The van der Waals surface area contributed by atoms with E-state index in [-0.39, 0.29) is 0 Å². The predicted octanol–water partition coefficient (Wildman–Crippen LogP) is 2.65. The molecule has 0 radical (unpaired) electrons. The largest absolute Gasteiger partial charge is 0.496 e. The Bertz CT molecular complexity index is 671. The molecule has 86 valence electrons. The van der Waals surface area contributed by atoms with Gasteiger partial charge in [-0.05, 0) is 12.1 Å². The van der Waals surface area contributed by atoms with Gasteiger partial charge in [0, 0.05) is 10.9 Å². The second-order valence-corrected chi connectivity index (χ2v) is 4.50. The van der Waals surface area contributed by atoms with Crippen molar-refractivity contribution in [2.45, 2.75) is 0 Å². The molecular formula is C12H11N3OS. The van der Waals surface area contributed by atoms with E-state index in [1.54, 1.807) is 24.6 Å². The number of aromatic nitrogens is 2. The summed E-state index contributed by atoms with van der Waals surface area (Å²) >= 11 is 1.61. The molecule has 0 bridgehead atoms. The smallest absolute Gasteiger partial charge is 0.206 e. The average Bonchev–Trinajstić information content (AvgIpc) is 2.93. The van der Waals surface area contributed by atoms with Crippen LogP contribution in [0.15, 0.2) is 35.8 Å². The molecule has 0 aliphatic carbocycles. The first-order valence-corrected chi connectivity index (χ1v) is 6.03. The van der Waals surface area contributed by atoms with Crippen molar-refractivity contribution in [3.63, 3.8) is 0 Å². The van der Waals surface area contributed by atoms with E-state index in [9.17, 15) is 0 Å². The average molecular weight is 245 g/mol. The number of ether oxygens (including phenoxy) is 1. The van der Waals surface area contributed by atoms with Crippen LogP contribution in [-0.2, 0) is 0 Å². The van der Waals surface area contributed by atoms with Crippen LogP contribution in [0.4, 0.5) is 5.95 Å². The highest BCUT2D eigenvalue weighted by atomic mass is 32.1. The van der Waals surface area contributed by atoms with Gasteiger partial charge in [0.2, 0.25) is 5.95 Å². The molecule has 0 aliphatic rings. The molecule has 0 aliphatic heterocycles. The van der Waals surface area contributed by atoms with Crippen molar-refractivity contribution in [1.29, 1.82) is 0 Å². The van der Waals surface area contributed by atoms with Crippen molar-refractivity contribution in [1.82, 2.24) is 9.38 Å². The number of methoxy groups -OCH3 is 1. The number of para-hydroxylation sites is 1. The van der Waals surface area contributed by atoms with Crippen LogP contribution in [-0.4, -0.2) is 16.5 Å². The summed E-state index contributed by atoms with van der Waals surface area (Å²) in [6, 6.07) is 7.88. The number of nitrogens with two attached hydrogens (primary N) is 1. The third-order valence-electron chi connectivity index (χ3n) is 2.67. The lowest BCUT2D eigenvalue weighted by molar-refractivity contribution is 0.416. The molecule has 0 spiro atoms. The number of imidazole rings is 1. The third-order valence-corrected chi connectivity index (χ3v) is 3.54. The summed E-state index contributed by atoms with van der Waals surface area (Å²) < 4.78 is 7.30. The molecule has 0 unspecified atom stereocenters. The summed E-state index contributed by atoms with van der Waals surface area (Å²) in [5.74, 6) is 1.34. The SMILES string of the molecule is COc1ccccc1-c1csc2cnc(N)n12. The van der Waals surface area contributed by atoms with Gasteiger partial charge in [-0.1, -0.05) is 12.1 Å². The van der Waals surface area contributed by atoms with Crippen molar-refractivity contribution in [3.05, 3.63) is 35.8 Å². The Morgan fingerprint density at radius 3 is 3.00 bits per heavy atom. The Labute approximate surface area is 102 Å². The lowest BCUT2D eigenvalue weighted by atomic mass is 10.1. The van der Waals surface area contributed by atoms with E-state index in [0.29, 0.717) is 5.95 Å².